The van der Waals surface area contributed by atoms with Crippen molar-refractivity contribution in [1.29, 1.82) is 0 Å². The quantitative estimate of drug-likeness (QED) is 0.657. The molecular formula is C9H9NOS. The summed E-state index contributed by atoms with van der Waals surface area (Å²) in [5, 5.41) is 10.0. The lowest BCUT2D eigenvalue weighted by Crippen LogP contribution is -1.81. The Bertz CT molecular complexity index is 408. The number of aliphatic hydroxyl groups excluding tert-OH is 1. The molecule has 2 nitrogen and oxygen atoms in total. The molecule has 0 fully saturated rings. The average Bonchev–Trinajstić information content (AvgIpc) is 2.49. The first kappa shape index (κ1) is 7.58. The zero-order valence-electron chi connectivity index (χ0n) is 6.45. The van der Waals surface area contributed by atoms with E-state index in [0.717, 1.165) is 20.7 Å². The number of nitrogen functional groups attached to an aromatic ring is 1. The van der Waals surface area contributed by atoms with E-state index in [1.165, 1.54) is 0 Å². The third kappa shape index (κ3) is 1.07. The molecule has 2 aromatic rings. The van der Waals surface area contributed by atoms with Crippen molar-refractivity contribution in [2.75, 3.05) is 5.73 Å². The normalized spacial score (nSPS) is 10.8. The van der Waals surface area contributed by atoms with Crippen LogP contribution in [0.25, 0.3) is 10.1 Å². The minimum Gasteiger partial charge on any atom is -0.398 e. The van der Waals surface area contributed by atoms with Crippen LogP contribution in [0.5, 0.6) is 0 Å². The highest BCUT2D eigenvalue weighted by molar-refractivity contribution is 7.19. The van der Waals surface area contributed by atoms with Crippen molar-refractivity contribution in [2.45, 2.75) is 6.61 Å². The number of nitrogens with two attached hydrogens (primary N) is 1. The summed E-state index contributed by atoms with van der Waals surface area (Å²) in [5.74, 6) is 0. The van der Waals surface area contributed by atoms with Crippen molar-refractivity contribution in [3.63, 3.8) is 0 Å². The molecule has 0 aliphatic heterocycles. The van der Waals surface area contributed by atoms with Gasteiger partial charge in [0.15, 0.2) is 0 Å². The molecule has 0 saturated heterocycles. The zero-order chi connectivity index (χ0) is 8.55. The SMILES string of the molecule is Nc1cccc2cc(CO)sc12. The van der Waals surface area contributed by atoms with E-state index in [1.54, 1.807) is 11.3 Å². The van der Waals surface area contributed by atoms with E-state index < -0.39 is 0 Å². The third-order valence-corrected chi connectivity index (χ3v) is 2.97. The van der Waals surface area contributed by atoms with E-state index in [-0.39, 0.29) is 6.61 Å². The molecule has 3 N–H and O–H groups in total. The molecule has 3 heteroatoms. The summed E-state index contributed by atoms with van der Waals surface area (Å²) in [4.78, 5) is 0.961. The Morgan fingerprint density at radius 1 is 1.42 bits per heavy atom. The second-order valence-corrected chi connectivity index (χ2v) is 3.77. The van der Waals surface area contributed by atoms with Gasteiger partial charge in [0, 0.05) is 10.6 Å². The second-order valence-electron chi connectivity index (χ2n) is 2.64. The van der Waals surface area contributed by atoms with Crippen molar-refractivity contribution >= 4 is 27.1 Å². The highest BCUT2D eigenvalue weighted by atomic mass is 32.1. The van der Waals surface area contributed by atoms with Gasteiger partial charge in [-0.15, -0.1) is 11.3 Å². The number of benzene rings is 1. The number of fused-ring (bicyclic) bond motifs is 1. The molecular weight excluding hydrogens is 170 g/mol. The van der Waals surface area contributed by atoms with Gasteiger partial charge in [0.2, 0.25) is 0 Å². The van der Waals surface area contributed by atoms with E-state index in [2.05, 4.69) is 0 Å². The summed E-state index contributed by atoms with van der Waals surface area (Å²) in [6.45, 7) is 0.0960. The Balaban J connectivity index is 2.74. The fraction of sp³-hybridized carbons (Fsp3) is 0.111. The number of hydrogen-bond donors (Lipinski definition) is 2. The maximum Gasteiger partial charge on any atom is 0.0774 e. The van der Waals surface area contributed by atoms with E-state index in [9.17, 15) is 0 Å². The molecule has 0 atom stereocenters. The first-order valence-electron chi connectivity index (χ1n) is 3.69. The summed E-state index contributed by atoms with van der Waals surface area (Å²) in [6.07, 6.45) is 0. The molecule has 0 radical (unpaired) electrons. The van der Waals surface area contributed by atoms with Gasteiger partial charge in [-0.3, -0.25) is 0 Å². The van der Waals surface area contributed by atoms with Crippen LogP contribution in [0.4, 0.5) is 5.69 Å². The van der Waals surface area contributed by atoms with Gasteiger partial charge in [-0.05, 0) is 17.5 Å². The predicted octanol–water partition coefficient (Wildman–Crippen LogP) is 1.98. The largest absolute Gasteiger partial charge is 0.398 e. The van der Waals surface area contributed by atoms with Gasteiger partial charge in [-0.25, -0.2) is 0 Å². The maximum atomic E-state index is 8.90. The van der Waals surface area contributed by atoms with Crippen LogP contribution in [0, 0.1) is 0 Å². The highest BCUT2D eigenvalue weighted by Crippen LogP contribution is 2.29. The number of hydrogen-bond acceptors (Lipinski definition) is 3. The van der Waals surface area contributed by atoms with Gasteiger partial charge in [-0.2, -0.15) is 0 Å². The van der Waals surface area contributed by atoms with Crippen LogP contribution >= 0.6 is 11.3 Å². The number of anilines is 1. The van der Waals surface area contributed by atoms with E-state index in [1.807, 2.05) is 24.3 Å². The number of thiophene rings is 1. The first-order valence-corrected chi connectivity index (χ1v) is 4.50. The molecule has 1 aromatic carbocycles. The molecule has 12 heavy (non-hydrogen) atoms. The molecule has 62 valence electrons. The van der Waals surface area contributed by atoms with Crippen LogP contribution < -0.4 is 5.73 Å². The molecule has 0 spiro atoms. The molecule has 1 heterocycles. The summed E-state index contributed by atoms with van der Waals surface area (Å²) >= 11 is 1.55. The van der Waals surface area contributed by atoms with Crippen molar-refractivity contribution in [1.82, 2.24) is 0 Å². The molecule has 0 aliphatic carbocycles. The van der Waals surface area contributed by atoms with Crippen LogP contribution in [-0.2, 0) is 6.61 Å². The highest BCUT2D eigenvalue weighted by Gasteiger charge is 2.02. The van der Waals surface area contributed by atoms with Crippen LogP contribution in [0.3, 0.4) is 0 Å². The third-order valence-electron chi connectivity index (χ3n) is 1.78. The van der Waals surface area contributed by atoms with Gasteiger partial charge in [0.1, 0.15) is 0 Å². The van der Waals surface area contributed by atoms with E-state index in [4.69, 9.17) is 10.8 Å². The minimum atomic E-state index is 0.0960. The van der Waals surface area contributed by atoms with Gasteiger partial charge in [0.05, 0.1) is 11.3 Å². The van der Waals surface area contributed by atoms with E-state index in [0.29, 0.717) is 0 Å². The maximum absolute atomic E-state index is 8.90. The summed E-state index contributed by atoms with van der Waals surface area (Å²) < 4.78 is 1.07. The summed E-state index contributed by atoms with van der Waals surface area (Å²) in [5.41, 5.74) is 6.54. The summed E-state index contributed by atoms with van der Waals surface area (Å²) in [7, 11) is 0. The van der Waals surface area contributed by atoms with Crippen molar-refractivity contribution in [2.24, 2.45) is 0 Å². The summed E-state index contributed by atoms with van der Waals surface area (Å²) in [6, 6.07) is 7.77. The predicted molar refractivity (Wildman–Crippen MR) is 52.2 cm³/mol. The van der Waals surface area contributed by atoms with Crippen LogP contribution in [-0.4, -0.2) is 5.11 Å². The smallest absolute Gasteiger partial charge is 0.0774 e. The van der Waals surface area contributed by atoms with Crippen LogP contribution in [0.2, 0.25) is 0 Å². The van der Waals surface area contributed by atoms with Gasteiger partial charge < -0.3 is 10.8 Å². The molecule has 0 amide bonds. The Morgan fingerprint density at radius 2 is 2.25 bits per heavy atom. The zero-order valence-corrected chi connectivity index (χ0v) is 7.27. The monoisotopic (exact) mass is 179 g/mol. The number of rotatable bonds is 1. The average molecular weight is 179 g/mol. The van der Waals surface area contributed by atoms with Crippen molar-refractivity contribution < 1.29 is 5.11 Å². The topological polar surface area (TPSA) is 46.2 Å². The van der Waals surface area contributed by atoms with Gasteiger partial charge in [0.25, 0.3) is 0 Å². The lowest BCUT2D eigenvalue weighted by Gasteiger charge is -1.92. The lowest BCUT2D eigenvalue weighted by atomic mass is 10.2. The van der Waals surface area contributed by atoms with Gasteiger partial charge >= 0.3 is 0 Å². The molecule has 1 aromatic heterocycles. The molecule has 0 bridgehead atoms. The Hall–Kier alpha value is -1.06. The molecule has 2 rings (SSSR count). The fourth-order valence-electron chi connectivity index (χ4n) is 1.22. The Kier molecular flexibility index (Phi) is 1.75. The Morgan fingerprint density at radius 3 is 2.92 bits per heavy atom. The fourth-order valence-corrected chi connectivity index (χ4v) is 2.16. The minimum absolute atomic E-state index is 0.0960. The lowest BCUT2D eigenvalue weighted by molar-refractivity contribution is 0.285. The van der Waals surface area contributed by atoms with Crippen LogP contribution in [0.1, 0.15) is 4.88 Å². The standard InChI is InChI=1S/C9H9NOS/c10-8-3-1-2-6-4-7(5-11)12-9(6)8/h1-4,11H,5,10H2. The van der Waals surface area contributed by atoms with E-state index >= 15 is 0 Å². The molecule has 0 saturated carbocycles. The molecule has 0 unspecified atom stereocenters. The second kappa shape index (κ2) is 2.77. The van der Waals surface area contributed by atoms with Crippen LogP contribution in [0.15, 0.2) is 24.3 Å². The van der Waals surface area contributed by atoms with Crippen molar-refractivity contribution in [3.8, 4) is 0 Å². The van der Waals surface area contributed by atoms with Crippen molar-refractivity contribution in [3.05, 3.63) is 29.1 Å². The van der Waals surface area contributed by atoms with Gasteiger partial charge in [-0.1, -0.05) is 12.1 Å². The first-order chi connectivity index (χ1) is 5.81. The molecule has 0 aliphatic rings. The Labute approximate surface area is 74.3 Å². The number of aliphatic hydroxyl groups is 1.